The summed E-state index contributed by atoms with van der Waals surface area (Å²) in [5, 5.41) is 31.2. The minimum atomic E-state index is -1.12. The predicted molar refractivity (Wildman–Crippen MR) is 98.2 cm³/mol. The zero-order chi connectivity index (χ0) is 17.8. The molecule has 0 saturated carbocycles. The Morgan fingerprint density at radius 3 is 1.76 bits per heavy atom. The summed E-state index contributed by atoms with van der Waals surface area (Å²) in [5.74, 6) is -0.992. The molecule has 4 aromatic carbocycles. The molecule has 0 aliphatic heterocycles. The molecule has 0 spiro atoms. The van der Waals surface area contributed by atoms with Crippen LogP contribution in [0.2, 0.25) is 0 Å². The lowest BCUT2D eigenvalue weighted by atomic mass is 10.1. The van der Waals surface area contributed by atoms with Crippen molar-refractivity contribution in [2.45, 2.75) is 0 Å². The van der Waals surface area contributed by atoms with Crippen LogP contribution in [-0.4, -0.2) is 21.3 Å². The van der Waals surface area contributed by atoms with Gasteiger partial charge in [0.2, 0.25) is 0 Å². The fourth-order valence-corrected chi connectivity index (χ4v) is 2.58. The van der Waals surface area contributed by atoms with Gasteiger partial charge in [-0.3, -0.25) is 0 Å². The van der Waals surface area contributed by atoms with Gasteiger partial charge in [0.1, 0.15) is 17.1 Å². The third-order valence-corrected chi connectivity index (χ3v) is 3.83. The molecule has 0 atom stereocenters. The van der Waals surface area contributed by atoms with Crippen LogP contribution in [-0.2, 0) is 0 Å². The number of benzene rings is 4. The van der Waals surface area contributed by atoms with E-state index in [2.05, 4.69) is 0 Å². The van der Waals surface area contributed by atoms with E-state index in [1.165, 1.54) is 12.1 Å². The number of hydrogen-bond acceptors (Lipinski definition) is 3. The van der Waals surface area contributed by atoms with Gasteiger partial charge in [-0.1, -0.05) is 54.6 Å². The molecule has 124 valence electrons. The first-order chi connectivity index (χ1) is 12.0. The highest BCUT2D eigenvalue weighted by molar-refractivity contribution is 5.97. The number of phenols is 2. The van der Waals surface area contributed by atoms with E-state index < -0.39 is 5.97 Å². The van der Waals surface area contributed by atoms with Gasteiger partial charge in [-0.25, -0.2) is 4.79 Å². The molecule has 0 bridgehead atoms. The first kappa shape index (κ1) is 16.3. The fourth-order valence-electron chi connectivity index (χ4n) is 2.58. The second-order valence-electron chi connectivity index (χ2n) is 5.55. The molecule has 0 aliphatic carbocycles. The lowest BCUT2D eigenvalue weighted by Gasteiger charge is -2.02. The number of carboxylic acid groups (broad SMARTS) is 1. The number of carbonyl (C=O) groups is 1. The van der Waals surface area contributed by atoms with Crippen LogP contribution in [0.1, 0.15) is 10.4 Å². The first-order valence-corrected chi connectivity index (χ1v) is 7.67. The summed E-state index contributed by atoms with van der Waals surface area (Å²) >= 11 is 0. The van der Waals surface area contributed by atoms with E-state index in [1.54, 1.807) is 18.2 Å². The van der Waals surface area contributed by atoms with Crippen LogP contribution in [0, 0.1) is 0 Å². The van der Waals surface area contributed by atoms with Crippen molar-refractivity contribution in [1.29, 1.82) is 0 Å². The quantitative estimate of drug-likeness (QED) is 0.468. The van der Waals surface area contributed by atoms with Gasteiger partial charge in [-0.15, -0.1) is 0 Å². The van der Waals surface area contributed by atoms with Crippen LogP contribution in [0.25, 0.3) is 21.5 Å². The highest BCUT2D eigenvalue weighted by Gasteiger charge is 2.09. The maximum atomic E-state index is 10.7. The predicted octanol–water partition coefficient (Wildman–Crippen LogP) is 4.79. The average molecular weight is 332 g/mol. The summed E-state index contributed by atoms with van der Waals surface area (Å²) in [4.78, 5) is 10.7. The van der Waals surface area contributed by atoms with Crippen LogP contribution in [0.15, 0.2) is 78.9 Å². The zero-order valence-electron chi connectivity index (χ0n) is 13.3. The topological polar surface area (TPSA) is 77.8 Å². The van der Waals surface area contributed by atoms with E-state index in [0.29, 0.717) is 5.75 Å². The Hall–Kier alpha value is -3.53. The van der Waals surface area contributed by atoms with Crippen LogP contribution in [0.3, 0.4) is 0 Å². The molecule has 0 aliphatic rings. The molecule has 0 aromatic heterocycles. The van der Waals surface area contributed by atoms with Crippen molar-refractivity contribution in [2.24, 2.45) is 0 Å². The Morgan fingerprint density at radius 1 is 0.640 bits per heavy atom. The molecule has 0 unspecified atom stereocenters. The molecular weight excluding hydrogens is 316 g/mol. The number of phenolic OH excluding ortho intramolecular Hbond substituents is 1. The molecule has 0 saturated heterocycles. The number of rotatable bonds is 1. The van der Waals surface area contributed by atoms with E-state index in [4.69, 9.17) is 10.2 Å². The van der Waals surface area contributed by atoms with Crippen molar-refractivity contribution >= 4 is 27.5 Å². The van der Waals surface area contributed by atoms with Crippen LogP contribution < -0.4 is 0 Å². The van der Waals surface area contributed by atoms with Gasteiger partial charge in [0, 0.05) is 0 Å². The van der Waals surface area contributed by atoms with E-state index in [0.717, 1.165) is 21.5 Å². The zero-order valence-corrected chi connectivity index (χ0v) is 13.3. The smallest absolute Gasteiger partial charge is 0.339 e. The summed E-state index contributed by atoms with van der Waals surface area (Å²) in [5.41, 5.74) is -0.0660. The van der Waals surface area contributed by atoms with Gasteiger partial charge in [0.15, 0.2) is 0 Å². The molecule has 4 aromatic rings. The third kappa shape index (κ3) is 3.70. The van der Waals surface area contributed by atoms with Gasteiger partial charge < -0.3 is 15.3 Å². The van der Waals surface area contributed by atoms with Gasteiger partial charge in [-0.05, 0) is 45.8 Å². The van der Waals surface area contributed by atoms with Crippen molar-refractivity contribution in [3.8, 4) is 11.5 Å². The first-order valence-electron chi connectivity index (χ1n) is 7.67. The van der Waals surface area contributed by atoms with Gasteiger partial charge in [0.25, 0.3) is 0 Å². The number of carboxylic acids is 1. The van der Waals surface area contributed by atoms with Crippen molar-refractivity contribution in [2.75, 3.05) is 0 Å². The third-order valence-electron chi connectivity index (χ3n) is 3.83. The summed E-state index contributed by atoms with van der Waals surface area (Å²) in [6.07, 6.45) is 0. The standard InChI is InChI=1S/C11H8O3.C10H8O/c12-10-6-8-4-2-1-3-7(8)5-9(10)11(13)14;11-10-6-5-8-3-1-2-4-9(8)7-10/h1-6,12H,(H,13,14);1-7,11H. The molecule has 25 heavy (non-hydrogen) atoms. The van der Waals surface area contributed by atoms with E-state index in [9.17, 15) is 9.90 Å². The highest BCUT2D eigenvalue weighted by Crippen LogP contribution is 2.24. The lowest BCUT2D eigenvalue weighted by Crippen LogP contribution is -1.96. The SMILES string of the molecule is O=C(O)c1cc2ccccc2cc1O.Oc1ccc2ccccc2c1. The van der Waals surface area contributed by atoms with E-state index in [-0.39, 0.29) is 11.3 Å². The Kier molecular flexibility index (Phi) is 4.53. The van der Waals surface area contributed by atoms with Crippen LogP contribution in [0.5, 0.6) is 11.5 Å². The van der Waals surface area contributed by atoms with E-state index >= 15 is 0 Å². The van der Waals surface area contributed by atoms with Crippen LogP contribution >= 0.6 is 0 Å². The Morgan fingerprint density at radius 2 is 1.16 bits per heavy atom. The number of aromatic carboxylic acids is 1. The summed E-state index contributed by atoms with van der Waals surface area (Å²) in [6, 6.07) is 23.5. The summed E-state index contributed by atoms with van der Waals surface area (Å²) in [7, 11) is 0. The minimum Gasteiger partial charge on any atom is -0.508 e. The molecule has 4 heteroatoms. The molecule has 0 amide bonds. The Balaban J connectivity index is 0.000000150. The molecule has 3 N–H and O–H groups in total. The molecule has 4 rings (SSSR count). The van der Waals surface area contributed by atoms with Crippen molar-refractivity contribution in [1.82, 2.24) is 0 Å². The van der Waals surface area contributed by atoms with Crippen molar-refractivity contribution < 1.29 is 20.1 Å². The molecule has 4 nitrogen and oxygen atoms in total. The number of hydrogen-bond donors (Lipinski definition) is 3. The summed E-state index contributed by atoms with van der Waals surface area (Å²) < 4.78 is 0. The Labute approximate surface area is 144 Å². The lowest BCUT2D eigenvalue weighted by molar-refractivity contribution is 0.0694. The molecule has 0 radical (unpaired) electrons. The second-order valence-corrected chi connectivity index (χ2v) is 5.55. The van der Waals surface area contributed by atoms with Gasteiger partial charge in [-0.2, -0.15) is 0 Å². The maximum absolute atomic E-state index is 10.7. The van der Waals surface area contributed by atoms with Crippen molar-refractivity contribution in [3.05, 3.63) is 84.4 Å². The largest absolute Gasteiger partial charge is 0.508 e. The average Bonchev–Trinajstić information content (AvgIpc) is 2.61. The number of fused-ring (bicyclic) bond motifs is 2. The Bertz CT molecular complexity index is 1050. The summed E-state index contributed by atoms with van der Waals surface area (Å²) in [6.45, 7) is 0. The van der Waals surface area contributed by atoms with Crippen LogP contribution in [0.4, 0.5) is 0 Å². The molecule has 0 heterocycles. The van der Waals surface area contributed by atoms with Gasteiger partial charge in [0.05, 0.1) is 0 Å². The monoisotopic (exact) mass is 332 g/mol. The normalized spacial score (nSPS) is 10.2. The number of aromatic hydroxyl groups is 2. The maximum Gasteiger partial charge on any atom is 0.339 e. The molecule has 0 fully saturated rings. The van der Waals surface area contributed by atoms with Gasteiger partial charge >= 0.3 is 5.97 Å². The van der Waals surface area contributed by atoms with Crippen molar-refractivity contribution in [3.63, 3.8) is 0 Å². The minimum absolute atomic E-state index is 0.0660. The van der Waals surface area contributed by atoms with E-state index in [1.807, 2.05) is 48.5 Å². The highest BCUT2D eigenvalue weighted by atomic mass is 16.4. The molecular formula is C21H16O4. The second kappa shape index (κ2) is 6.93. The fraction of sp³-hybridized carbons (Fsp3) is 0.